The normalized spacial score (nSPS) is 11.2. The molecule has 0 bridgehead atoms. The third-order valence-electron chi connectivity index (χ3n) is 3.52. The Kier molecular flexibility index (Phi) is 6.68. The van der Waals surface area contributed by atoms with Gasteiger partial charge in [-0.15, -0.1) is 22.9 Å². The number of hydrogen-bond acceptors (Lipinski definition) is 3. The zero-order valence-corrected chi connectivity index (χ0v) is 14.4. The quantitative estimate of drug-likeness (QED) is 0.492. The van der Waals surface area contributed by atoms with Gasteiger partial charge in [-0.2, -0.15) is 0 Å². The summed E-state index contributed by atoms with van der Waals surface area (Å²) in [5.74, 6) is 0.482. The average Bonchev–Trinajstić information content (AvgIpc) is 2.97. The number of thiazole rings is 1. The molecule has 2 aromatic rings. The summed E-state index contributed by atoms with van der Waals surface area (Å²) in [6.45, 7) is 4.36. The topological polar surface area (TPSA) is 16.1 Å². The minimum Gasteiger partial charge on any atom is -0.302 e. The highest BCUT2D eigenvalue weighted by atomic mass is 35.5. The molecular formula is C17H23ClN2S. The Hall–Kier alpha value is -0.900. The minimum atomic E-state index is 0.482. The maximum absolute atomic E-state index is 5.86. The zero-order valence-electron chi connectivity index (χ0n) is 12.8. The van der Waals surface area contributed by atoms with Crippen molar-refractivity contribution in [2.45, 2.75) is 38.6 Å². The van der Waals surface area contributed by atoms with E-state index in [-0.39, 0.29) is 0 Å². The number of nitrogens with zero attached hydrogens (tertiary/aromatic N) is 2. The van der Waals surface area contributed by atoms with Gasteiger partial charge in [-0.3, -0.25) is 0 Å². The molecule has 2 nitrogen and oxygen atoms in total. The van der Waals surface area contributed by atoms with Gasteiger partial charge in [0, 0.05) is 17.5 Å². The molecule has 1 heterocycles. The van der Waals surface area contributed by atoms with Crippen LogP contribution in [-0.2, 0) is 12.4 Å². The van der Waals surface area contributed by atoms with Gasteiger partial charge in [-0.05, 0) is 25.6 Å². The van der Waals surface area contributed by atoms with Gasteiger partial charge in [-0.1, -0.05) is 44.0 Å². The Morgan fingerprint density at radius 1 is 1.24 bits per heavy atom. The highest BCUT2D eigenvalue weighted by Crippen LogP contribution is 2.28. The van der Waals surface area contributed by atoms with E-state index < -0.39 is 0 Å². The first-order valence-corrected chi connectivity index (χ1v) is 8.93. The summed E-state index contributed by atoms with van der Waals surface area (Å²) in [5, 5.41) is 3.12. The Morgan fingerprint density at radius 3 is 2.76 bits per heavy atom. The van der Waals surface area contributed by atoms with Crippen LogP contribution in [0.25, 0.3) is 10.6 Å². The molecule has 0 aliphatic carbocycles. The van der Waals surface area contributed by atoms with Gasteiger partial charge < -0.3 is 4.90 Å². The molecule has 1 aromatic carbocycles. The smallest absolute Gasteiger partial charge is 0.123 e. The SMILES string of the molecule is CCCCCN(C)Cc1ccccc1-c1nc(CCl)cs1. The lowest BCUT2D eigenvalue weighted by molar-refractivity contribution is 0.318. The Labute approximate surface area is 136 Å². The molecule has 0 spiro atoms. The number of unbranched alkanes of at least 4 members (excludes halogenated alkanes) is 2. The van der Waals surface area contributed by atoms with Crippen LogP contribution in [0.2, 0.25) is 0 Å². The first-order valence-electron chi connectivity index (χ1n) is 7.51. The van der Waals surface area contributed by atoms with Crippen molar-refractivity contribution >= 4 is 22.9 Å². The van der Waals surface area contributed by atoms with Gasteiger partial charge in [0.25, 0.3) is 0 Å². The number of benzene rings is 1. The van der Waals surface area contributed by atoms with Gasteiger partial charge in [0.2, 0.25) is 0 Å². The molecule has 0 saturated carbocycles. The molecule has 1 aromatic heterocycles. The number of alkyl halides is 1. The van der Waals surface area contributed by atoms with Crippen LogP contribution in [0.4, 0.5) is 0 Å². The van der Waals surface area contributed by atoms with E-state index in [1.54, 1.807) is 11.3 Å². The number of aromatic nitrogens is 1. The van der Waals surface area contributed by atoms with Gasteiger partial charge in [0.05, 0.1) is 11.6 Å². The molecule has 21 heavy (non-hydrogen) atoms. The lowest BCUT2D eigenvalue weighted by atomic mass is 10.1. The molecule has 0 aliphatic heterocycles. The first-order chi connectivity index (χ1) is 10.2. The maximum Gasteiger partial charge on any atom is 0.123 e. The molecule has 0 saturated heterocycles. The van der Waals surface area contributed by atoms with Crippen molar-refractivity contribution in [3.05, 3.63) is 40.9 Å². The third-order valence-corrected chi connectivity index (χ3v) is 4.72. The van der Waals surface area contributed by atoms with Crippen molar-refractivity contribution in [1.82, 2.24) is 9.88 Å². The first kappa shape index (κ1) is 16.5. The van der Waals surface area contributed by atoms with Crippen LogP contribution < -0.4 is 0 Å². The molecule has 0 aliphatic rings. The van der Waals surface area contributed by atoms with Crippen LogP contribution in [-0.4, -0.2) is 23.5 Å². The summed E-state index contributed by atoms with van der Waals surface area (Å²) < 4.78 is 0. The standard InChI is InChI=1S/C17H23ClN2S/c1-3-4-7-10-20(2)12-14-8-5-6-9-16(14)17-19-15(11-18)13-21-17/h5-6,8-9,13H,3-4,7,10-12H2,1-2H3. The van der Waals surface area contributed by atoms with Crippen LogP contribution in [0, 0.1) is 0 Å². The van der Waals surface area contributed by atoms with Gasteiger partial charge >= 0.3 is 0 Å². The summed E-state index contributed by atoms with van der Waals surface area (Å²) in [6.07, 6.45) is 3.84. The molecule has 0 unspecified atom stereocenters. The third kappa shape index (κ3) is 4.80. The van der Waals surface area contributed by atoms with Crippen molar-refractivity contribution in [1.29, 1.82) is 0 Å². The molecule has 2 rings (SSSR count). The fourth-order valence-corrected chi connectivity index (χ4v) is 3.47. The monoisotopic (exact) mass is 322 g/mol. The van der Waals surface area contributed by atoms with E-state index in [1.807, 2.05) is 5.38 Å². The molecule has 0 atom stereocenters. The zero-order chi connectivity index (χ0) is 15.1. The highest BCUT2D eigenvalue weighted by Gasteiger charge is 2.10. The highest BCUT2D eigenvalue weighted by molar-refractivity contribution is 7.13. The number of halogens is 1. The largest absolute Gasteiger partial charge is 0.302 e. The summed E-state index contributed by atoms with van der Waals surface area (Å²) in [6, 6.07) is 8.55. The Morgan fingerprint density at radius 2 is 2.05 bits per heavy atom. The van der Waals surface area contributed by atoms with E-state index in [4.69, 9.17) is 11.6 Å². The summed E-state index contributed by atoms with van der Waals surface area (Å²) in [7, 11) is 2.19. The summed E-state index contributed by atoms with van der Waals surface area (Å²) in [5.41, 5.74) is 3.54. The van der Waals surface area contributed by atoms with E-state index >= 15 is 0 Å². The van der Waals surface area contributed by atoms with E-state index in [0.29, 0.717) is 5.88 Å². The van der Waals surface area contributed by atoms with Crippen LogP contribution in [0.3, 0.4) is 0 Å². The van der Waals surface area contributed by atoms with Crippen LogP contribution >= 0.6 is 22.9 Å². The predicted octanol–water partition coefficient (Wildman–Crippen LogP) is 5.17. The molecule has 0 fully saturated rings. The lowest BCUT2D eigenvalue weighted by Crippen LogP contribution is -2.19. The Bertz CT molecular complexity index is 553. The van der Waals surface area contributed by atoms with Crippen molar-refractivity contribution in [2.24, 2.45) is 0 Å². The number of rotatable bonds is 8. The summed E-state index contributed by atoms with van der Waals surface area (Å²) >= 11 is 7.53. The second-order valence-corrected chi connectivity index (χ2v) is 6.51. The van der Waals surface area contributed by atoms with Crippen LogP contribution in [0.15, 0.2) is 29.6 Å². The van der Waals surface area contributed by atoms with E-state index in [1.165, 1.54) is 30.4 Å². The molecule has 0 radical (unpaired) electrons. The van der Waals surface area contributed by atoms with E-state index in [0.717, 1.165) is 23.8 Å². The molecule has 0 amide bonds. The summed E-state index contributed by atoms with van der Waals surface area (Å²) in [4.78, 5) is 7.00. The minimum absolute atomic E-state index is 0.482. The molecular weight excluding hydrogens is 300 g/mol. The van der Waals surface area contributed by atoms with E-state index in [9.17, 15) is 0 Å². The van der Waals surface area contributed by atoms with Crippen molar-refractivity contribution in [3.63, 3.8) is 0 Å². The lowest BCUT2D eigenvalue weighted by Gasteiger charge is -2.18. The molecule has 114 valence electrons. The fourth-order valence-electron chi connectivity index (χ4n) is 2.36. The fraction of sp³-hybridized carbons (Fsp3) is 0.471. The van der Waals surface area contributed by atoms with Gasteiger partial charge in [-0.25, -0.2) is 4.98 Å². The average molecular weight is 323 g/mol. The van der Waals surface area contributed by atoms with Crippen LogP contribution in [0.1, 0.15) is 37.4 Å². The van der Waals surface area contributed by atoms with E-state index in [2.05, 4.69) is 48.1 Å². The Balaban J connectivity index is 2.09. The number of hydrogen-bond donors (Lipinski definition) is 0. The van der Waals surface area contributed by atoms with Crippen LogP contribution in [0.5, 0.6) is 0 Å². The maximum atomic E-state index is 5.86. The molecule has 4 heteroatoms. The van der Waals surface area contributed by atoms with Crippen molar-refractivity contribution in [3.8, 4) is 10.6 Å². The second kappa shape index (κ2) is 8.52. The van der Waals surface area contributed by atoms with Crippen molar-refractivity contribution < 1.29 is 0 Å². The van der Waals surface area contributed by atoms with Gasteiger partial charge in [0.15, 0.2) is 0 Å². The van der Waals surface area contributed by atoms with Gasteiger partial charge in [0.1, 0.15) is 5.01 Å². The molecule has 0 N–H and O–H groups in total. The predicted molar refractivity (Wildman–Crippen MR) is 93.0 cm³/mol. The van der Waals surface area contributed by atoms with Crippen molar-refractivity contribution in [2.75, 3.05) is 13.6 Å². The second-order valence-electron chi connectivity index (χ2n) is 5.38.